The van der Waals surface area contributed by atoms with Crippen molar-refractivity contribution in [2.24, 2.45) is 21.8 Å². The maximum Gasteiger partial charge on any atom is 0.191 e. The highest BCUT2D eigenvalue weighted by Gasteiger charge is 2.52. The van der Waals surface area contributed by atoms with E-state index in [0.717, 1.165) is 25.7 Å². The normalized spacial score (nSPS) is 38.4. The topological polar surface area (TPSA) is 106 Å². The number of hydroxylamine groups is 2. The Hall–Kier alpha value is -1.47. The zero-order chi connectivity index (χ0) is 12.7. The van der Waals surface area contributed by atoms with Gasteiger partial charge in [0, 0.05) is 5.92 Å². The van der Waals surface area contributed by atoms with Crippen LogP contribution in [0.5, 0.6) is 0 Å². The van der Waals surface area contributed by atoms with E-state index in [0.29, 0.717) is 0 Å². The molecule has 1 heterocycles. The zero-order valence-corrected chi connectivity index (χ0v) is 9.83. The van der Waals surface area contributed by atoms with Gasteiger partial charge in [-0.15, -0.1) is 0 Å². The van der Waals surface area contributed by atoms with Gasteiger partial charge in [-0.1, -0.05) is 12.8 Å². The quantitative estimate of drug-likeness (QED) is 0.450. The van der Waals surface area contributed by atoms with E-state index in [1.165, 1.54) is 0 Å². The Bertz CT molecular complexity index is 434. The van der Waals surface area contributed by atoms with Crippen molar-refractivity contribution in [3.05, 3.63) is 0 Å². The number of fused-ring (bicyclic) bond motifs is 3. The van der Waals surface area contributed by atoms with Crippen LogP contribution in [0.25, 0.3) is 0 Å². The molecule has 3 rings (SSSR count). The first-order chi connectivity index (χ1) is 8.76. The Morgan fingerprint density at radius 2 is 1.72 bits per heavy atom. The standard InChI is InChI=1S/C11H16N4O3/c16-9-6-4-2-1-3-5(6)7-8(9)13-11(15-18)10(12-7)14-17/h5-8,17-18H,1-4H2,(H,12,14)(H,13,15). The monoisotopic (exact) mass is 252 g/mol. The van der Waals surface area contributed by atoms with Crippen LogP contribution in [0.15, 0.2) is 9.98 Å². The molecule has 2 saturated carbocycles. The Balaban J connectivity index is 1.96. The Morgan fingerprint density at radius 3 is 2.44 bits per heavy atom. The van der Waals surface area contributed by atoms with Gasteiger partial charge in [-0.2, -0.15) is 0 Å². The van der Waals surface area contributed by atoms with Gasteiger partial charge in [0.15, 0.2) is 17.5 Å². The molecule has 0 bridgehead atoms. The minimum absolute atomic E-state index is 0.0192. The number of rotatable bonds is 0. The molecule has 0 amide bonds. The van der Waals surface area contributed by atoms with Crippen LogP contribution >= 0.6 is 0 Å². The lowest BCUT2D eigenvalue weighted by molar-refractivity contribution is -0.122. The van der Waals surface area contributed by atoms with Gasteiger partial charge in [-0.3, -0.25) is 20.2 Å². The van der Waals surface area contributed by atoms with Gasteiger partial charge in [-0.25, -0.2) is 16.0 Å². The number of hydrogen-bond donors (Lipinski definition) is 4. The smallest absolute Gasteiger partial charge is 0.191 e. The highest BCUT2D eigenvalue weighted by molar-refractivity contribution is 6.40. The number of nitrogens with zero attached hydrogens (tertiary/aromatic N) is 2. The fraction of sp³-hybridized carbons (Fsp3) is 0.727. The molecule has 0 saturated heterocycles. The van der Waals surface area contributed by atoms with Crippen LogP contribution < -0.4 is 11.0 Å². The second-order valence-corrected chi connectivity index (χ2v) is 5.07. The molecular weight excluding hydrogens is 236 g/mol. The molecule has 7 nitrogen and oxygen atoms in total. The van der Waals surface area contributed by atoms with Gasteiger partial charge in [0.1, 0.15) is 6.04 Å². The number of ketones is 1. The maximum atomic E-state index is 12.3. The highest BCUT2D eigenvalue weighted by atomic mass is 16.5. The number of carbonyl (C=O) groups is 1. The van der Waals surface area contributed by atoms with Crippen molar-refractivity contribution >= 4 is 17.5 Å². The first kappa shape index (κ1) is 11.6. The Morgan fingerprint density at radius 1 is 1.06 bits per heavy atom. The van der Waals surface area contributed by atoms with E-state index in [2.05, 4.69) is 9.98 Å². The molecule has 4 N–H and O–H groups in total. The van der Waals surface area contributed by atoms with Crippen molar-refractivity contribution in [2.75, 3.05) is 0 Å². The van der Waals surface area contributed by atoms with E-state index in [4.69, 9.17) is 10.4 Å². The third-order valence-corrected chi connectivity index (χ3v) is 4.22. The molecule has 98 valence electrons. The SMILES string of the molecule is O=C1C2CCCCC2C2N=C(NO)C(NO)=NC12. The average molecular weight is 252 g/mol. The number of aliphatic imine (C=N–C) groups is 2. The van der Waals surface area contributed by atoms with Crippen molar-refractivity contribution in [1.82, 2.24) is 11.0 Å². The van der Waals surface area contributed by atoms with Crippen molar-refractivity contribution in [3.8, 4) is 0 Å². The second kappa shape index (κ2) is 4.33. The predicted octanol–water partition coefficient (Wildman–Crippen LogP) is -0.119. The van der Waals surface area contributed by atoms with Crippen molar-refractivity contribution in [2.45, 2.75) is 37.8 Å². The molecule has 1 aliphatic heterocycles. The lowest BCUT2D eigenvalue weighted by Gasteiger charge is -2.27. The molecule has 2 aliphatic carbocycles. The summed E-state index contributed by atoms with van der Waals surface area (Å²) >= 11 is 0. The molecule has 0 radical (unpaired) electrons. The molecule has 7 heteroatoms. The molecule has 4 atom stereocenters. The van der Waals surface area contributed by atoms with E-state index in [1.807, 2.05) is 11.0 Å². The summed E-state index contributed by atoms with van der Waals surface area (Å²) in [6.07, 6.45) is 4.09. The molecule has 0 aromatic rings. The van der Waals surface area contributed by atoms with Crippen LogP contribution in [0.4, 0.5) is 0 Å². The van der Waals surface area contributed by atoms with E-state index in [1.54, 1.807) is 0 Å². The molecule has 0 aromatic heterocycles. The summed E-state index contributed by atoms with van der Waals surface area (Å²) in [5.41, 5.74) is 3.78. The second-order valence-electron chi connectivity index (χ2n) is 5.07. The van der Waals surface area contributed by atoms with Crippen LogP contribution in [-0.2, 0) is 4.79 Å². The Labute approximate surface area is 104 Å². The fourth-order valence-electron chi connectivity index (χ4n) is 3.42. The molecule has 0 spiro atoms. The summed E-state index contributed by atoms with van der Waals surface area (Å²) in [5.74, 6) is 0.504. The maximum absolute atomic E-state index is 12.3. The van der Waals surface area contributed by atoms with Gasteiger partial charge >= 0.3 is 0 Å². The minimum Gasteiger partial charge on any atom is -0.297 e. The third kappa shape index (κ3) is 1.54. The number of nitrogens with one attached hydrogen (secondary N) is 2. The van der Waals surface area contributed by atoms with Gasteiger partial charge in [-0.05, 0) is 18.8 Å². The molecule has 4 unspecified atom stereocenters. The number of hydrogen-bond acceptors (Lipinski definition) is 7. The van der Waals surface area contributed by atoms with Crippen LogP contribution in [-0.4, -0.2) is 40.0 Å². The first-order valence-corrected chi connectivity index (χ1v) is 6.26. The summed E-state index contributed by atoms with van der Waals surface area (Å²) < 4.78 is 0. The van der Waals surface area contributed by atoms with Crippen LogP contribution in [0.1, 0.15) is 25.7 Å². The number of amidine groups is 2. The molecule has 2 fully saturated rings. The Kier molecular flexibility index (Phi) is 2.79. The van der Waals surface area contributed by atoms with Crippen LogP contribution in [0.2, 0.25) is 0 Å². The number of Topliss-reactive ketones (excluding diaryl/α,β-unsaturated/α-hetero) is 1. The van der Waals surface area contributed by atoms with Crippen molar-refractivity contribution in [3.63, 3.8) is 0 Å². The van der Waals surface area contributed by atoms with Crippen LogP contribution in [0, 0.1) is 11.8 Å². The molecule has 18 heavy (non-hydrogen) atoms. The van der Waals surface area contributed by atoms with Crippen molar-refractivity contribution in [1.29, 1.82) is 0 Å². The van der Waals surface area contributed by atoms with Gasteiger partial charge in [0.2, 0.25) is 0 Å². The lowest BCUT2D eigenvalue weighted by Crippen LogP contribution is -2.45. The summed E-state index contributed by atoms with van der Waals surface area (Å²) in [4.78, 5) is 20.8. The van der Waals surface area contributed by atoms with E-state index < -0.39 is 6.04 Å². The molecular formula is C11H16N4O3. The molecule has 0 aromatic carbocycles. The van der Waals surface area contributed by atoms with Gasteiger partial charge < -0.3 is 0 Å². The minimum atomic E-state index is -0.509. The summed E-state index contributed by atoms with van der Waals surface area (Å²) in [5, 5.41) is 17.9. The van der Waals surface area contributed by atoms with Crippen LogP contribution in [0.3, 0.4) is 0 Å². The summed E-state index contributed by atoms with van der Waals surface area (Å²) in [6, 6.07) is -0.709. The van der Waals surface area contributed by atoms with Gasteiger partial charge in [0.05, 0.1) is 6.04 Å². The predicted molar refractivity (Wildman–Crippen MR) is 62.7 cm³/mol. The van der Waals surface area contributed by atoms with Gasteiger partial charge in [0.25, 0.3) is 0 Å². The fourth-order valence-corrected chi connectivity index (χ4v) is 3.42. The highest BCUT2D eigenvalue weighted by Crippen LogP contribution is 2.43. The third-order valence-electron chi connectivity index (χ3n) is 4.22. The number of carbonyl (C=O) groups excluding carboxylic acids is 1. The molecule has 3 aliphatic rings. The zero-order valence-electron chi connectivity index (χ0n) is 9.83. The van der Waals surface area contributed by atoms with E-state index >= 15 is 0 Å². The average Bonchev–Trinajstić information content (AvgIpc) is 2.71. The van der Waals surface area contributed by atoms with E-state index in [-0.39, 0.29) is 35.3 Å². The van der Waals surface area contributed by atoms with E-state index in [9.17, 15) is 4.79 Å². The lowest BCUT2D eigenvalue weighted by atomic mass is 9.80. The summed E-state index contributed by atoms with van der Waals surface area (Å²) in [7, 11) is 0. The summed E-state index contributed by atoms with van der Waals surface area (Å²) in [6.45, 7) is 0. The largest absolute Gasteiger partial charge is 0.297 e. The first-order valence-electron chi connectivity index (χ1n) is 6.26. The van der Waals surface area contributed by atoms with Crippen molar-refractivity contribution < 1.29 is 15.2 Å².